The van der Waals surface area contributed by atoms with Gasteiger partial charge in [-0.25, -0.2) is 18.0 Å². The van der Waals surface area contributed by atoms with Crippen LogP contribution in [-0.2, 0) is 9.53 Å². The van der Waals surface area contributed by atoms with Crippen molar-refractivity contribution in [2.45, 2.75) is 30.9 Å². The maximum absolute atomic E-state index is 14.0. The quantitative estimate of drug-likeness (QED) is 0.615. The lowest BCUT2D eigenvalue weighted by molar-refractivity contribution is -0.201. The topological polar surface area (TPSA) is 26.3 Å². The molecule has 2 aliphatic carbocycles. The van der Waals surface area contributed by atoms with E-state index in [0.29, 0.717) is 12.8 Å². The number of halogens is 3. The molecule has 3 unspecified atom stereocenters. The Morgan fingerprint density at radius 3 is 2.29 bits per heavy atom. The molecule has 14 heavy (non-hydrogen) atoms. The lowest BCUT2D eigenvalue weighted by atomic mass is 9.82. The molecule has 0 saturated heterocycles. The first-order valence-corrected chi connectivity index (χ1v) is 4.59. The van der Waals surface area contributed by atoms with Crippen molar-refractivity contribution in [2.24, 2.45) is 11.8 Å². The monoisotopic (exact) mass is 208 g/mol. The van der Waals surface area contributed by atoms with Crippen LogP contribution in [0.25, 0.3) is 0 Å². The summed E-state index contributed by atoms with van der Waals surface area (Å²) in [6.45, 7) is 0. The number of rotatable bonds is 1. The normalized spacial score (nSPS) is 44.0. The van der Waals surface area contributed by atoms with Crippen molar-refractivity contribution in [3.05, 3.63) is 0 Å². The molecule has 0 radical (unpaired) electrons. The minimum absolute atomic E-state index is 0.0958. The number of fused-ring (bicyclic) bond motifs is 2. The highest BCUT2D eigenvalue weighted by atomic mass is 19.3. The molecule has 2 saturated carbocycles. The zero-order valence-electron chi connectivity index (χ0n) is 7.73. The van der Waals surface area contributed by atoms with Crippen LogP contribution in [0.4, 0.5) is 13.2 Å². The van der Waals surface area contributed by atoms with Crippen LogP contribution < -0.4 is 0 Å². The summed E-state index contributed by atoms with van der Waals surface area (Å²) in [5.74, 6) is -6.83. The summed E-state index contributed by atoms with van der Waals surface area (Å²) < 4.78 is 45.0. The molecule has 5 heteroatoms. The molecule has 0 aromatic heterocycles. The third kappa shape index (κ3) is 0.854. The van der Waals surface area contributed by atoms with E-state index < -0.39 is 29.4 Å². The zero-order chi connectivity index (χ0) is 10.6. The Morgan fingerprint density at radius 1 is 1.29 bits per heavy atom. The minimum Gasteiger partial charge on any atom is -0.466 e. The molecule has 2 fully saturated rings. The van der Waals surface area contributed by atoms with Crippen molar-refractivity contribution in [1.29, 1.82) is 0 Å². The van der Waals surface area contributed by atoms with Crippen LogP contribution in [0.2, 0.25) is 0 Å². The molecule has 0 heterocycles. The largest absolute Gasteiger partial charge is 0.466 e. The first kappa shape index (κ1) is 9.80. The first-order chi connectivity index (χ1) is 6.44. The molecule has 0 aliphatic heterocycles. The second kappa shape index (κ2) is 2.64. The average molecular weight is 208 g/mol. The molecule has 0 spiro atoms. The van der Waals surface area contributed by atoms with Gasteiger partial charge in [-0.3, -0.25) is 0 Å². The van der Waals surface area contributed by atoms with Crippen molar-refractivity contribution < 1.29 is 22.7 Å². The number of carbonyl (C=O) groups excluding carboxylic acids is 1. The van der Waals surface area contributed by atoms with Gasteiger partial charge in [0.1, 0.15) is 0 Å². The Labute approximate surface area is 79.4 Å². The molecule has 3 atom stereocenters. The summed E-state index contributed by atoms with van der Waals surface area (Å²) in [6, 6.07) is 0. The van der Waals surface area contributed by atoms with E-state index in [-0.39, 0.29) is 6.42 Å². The van der Waals surface area contributed by atoms with Gasteiger partial charge < -0.3 is 4.74 Å². The summed E-state index contributed by atoms with van der Waals surface area (Å²) in [7, 11) is 0.936. The van der Waals surface area contributed by atoms with Gasteiger partial charge in [0, 0.05) is 11.8 Å². The second-order valence-electron chi connectivity index (χ2n) is 4.03. The summed E-state index contributed by atoms with van der Waals surface area (Å²) >= 11 is 0. The standard InChI is InChI=1S/C9H11F3O2/c1-14-7(13)8(10)5-2-3-6(4-5)9(8,11)12/h5-6H,2-4H2,1H3. The van der Waals surface area contributed by atoms with Gasteiger partial charge in [0.2, 0.25) is 0 Å². The molecule has 2 bridgehead atoms. The smallest absolute Gasteiger partial charge is 0.350 e. The highest BCUT2D eigenvalue weighted by Crippen LogP contribution is 2.61. The number of alkyl halides is 3. The molecule has 2 rings (SSSR count). The van der Waals surface area contributed by atoms with Gasteiger partial charge in [0.05, 0.1) is 7.11 Å². The highest BCUT2D eigenvalue weighted by Gasteiger charge is 2.75. The number of methoxy groups -OCH3 is 1. The summed E-state index contributed by atoms with van der Waals surface area (Å²) in [5.41, 5.74) is -3.08. The first-order valence-electron chi connectivity index (χ1n) is 4.59. The fourth-order valence-electron chi connectivity index (χ4n) is 2.69. The highest BCUT2D eigenvalue weighted by molar-refractivity contribution is 5.82. The van der Waals surface area contributed by atoms with Crippen LogP contribution in [0.3, 0.4) is 0 Å². The van der Waals surface area contributed by atoms with E-state index in [9.17, 15) is 18.0 Å². The number of hydrogen-bond donors (Lipinski definition) is 0. The molecular formula is C9H11F3O2. The van der Waals surface area contributed by atoms with Gasteiger partial charge in [-0.15, -0.1) is 0 Å². The van der Waals surface area contributed by atoms with Crippen LogP contribution in [0.1, 0.15) is 19.3 Å². The molecule has 0 aromatic carbocycles. The zero-order valence-corrected chi connectivity index (χ0v) is 7.73. The van der Waals surface area contributed by atoms with Gasteiger partial charge in [0.25, 0.3) is 11.6 Å². The predicted octanol–water partition coefficient (Wildman–Crippen LogP) is 1.93. The summed E-state index contributed by atoms with van der Waals surface area (Å²) in [5, 5.41) is 0. The maximum Gasteiger partial charge on any atom is 0.350 e. The van der Waals surface area contributed by atoms with Crippen molar-refractivity contribution in [1.82, 2.24) is 0 Å². The molecule has 0 amide bonds. The van der Waals surface area contributed by atoms with Crippen LogP contribution in [0.15, 0.2) is 0 Å². The van der Waals surface area contributed by atoms with E-state index in [1.807, 2.05) is 0 Å². The predicted molar refractivity (Wildman–Crippen MR) is 41.6 cm³/mol. The van der Waals surface area contributed by atoms with Crippen LogP contribution >= 0.6 is 0 Å². The fraction of sp³-hybridized carbons (Fsp3) is 0.889. The van der Waals surface area contributed by atoms with Crippen molar-refractivity contribution in [3.8, 4) is 0 Å². The maximum atomic E-state index is 14.0. The van der Waals surface area contributed by atoms with Crippen LogP contribution in [0.5, 0.6) is 0 Å². The molecule has 0 N–H and O–H groups in total. The van der Waals surface area contributed by atoms with Gasteiger partial charge in [-0.05, 0) is 19.3 Å². The van der Waals surface area contributed by atoms with E-state index >= 15 is 0 Å². The SMILES string of the molecule is COC(=O)C1(F)C2CCC(C2)C1(F)F. The minimum atomic E-state index is -3.55. The van der Waals surface area contributed by atoms with Gasteiger partial charge in [0.15, 0.2) is 0 Å². The Balaban J connectivity index is 2.39. The third-order valence-electron chi connectivity index (χ3n) is 3.48. The molecule has 0 aromatic rings. The van der Waals surface area contributed by atoms with E-state index in [4.69, 9.17) is 0 Å². The lowest BCUT2D eigenvalue weighted by Crippen LogP contribution is -2.55. The third-order valence-corrected chi connectivity index (χ3v) is 3.48. The van der Waals surface area contributed by atoms with Crippen molar-refractivity contribution >= 4 is 5.97 Å². The number of esters is 1. The summed E-state index contributed by atoms with van der Waals surface area (Å²) in [4.78, 5) is 11.1. The molecule has 2 aliphatic rings. The number of ether oxygens (including phenoxy) is 1. The Hall–Kier alpha value is -0.740. The van der Waals surface area contributed by atoms with E-state index in [2.05, 4.69) is 4.74 Å². The Bertz CT molecular complexity index is 279. The fourth-order valence-corrected chi connectivity index (χ4v) is 2.69. The van der Waals surface area contributed by atoms with E-state index in [0.717, 1.165) is 7.11 Å². The number of carbonyl (C=O) groups is 1. The van der Waals surface area contributed by atoms with Crippen molar-refractivity contribution in [3.63, 3.8) is 0 Å². The van der Waals surface area contributed by atoms with Crippen LogP contribution in [-0.4, -0.2) is 24.7 Å². The van der Waals surface area contributed by atoms with Crippen LogP contribution in [0, 0.1) is 11.8 Å². The van der Waals surface area contributed by atoms with E-state index in [1.165, 1.54) is 0 Å². The molecule has 2 nitrogen and oxygen atoms in total. The Morgan fingerprint density at radius 2 is 1.86 bits per heavy atom. The summed E-state index contributed by atoms with van der Waals surface area (Å²) in [6.07, 6.45) is 0.755. The van der Waals surface area contributed by atoms with Gasteiger partial charge in [-0.2, -0.15) is 0 Å². The Kier molecular flexibility index (Phi) is 1.85. The molecular weight excluding hydrogens is 197 g/mol. The molecule has 80 valence electrons. The van der Waals surface area contributed by atoms with E-state index in [1.54, 1.807) is 0 Å². The van der Waals surface area contributed by atoms with Gasteiger partial charge >= 0.3 is 5.97 Å². The number of hydrogen-bond acceptors (Lipinski definition) is 2. The van der Waals surface area contributed by atoms with Crippen molar-refractivity contribution in [2.75, 3.05) is 7.11 Å². The lowest BCUT2D eigenvalue weighted by Gasteiger charge is -2.34. The second-order valence-corrected chi connectivity index (χ2v) is 4.03. The van der Waals surface area contributed by atoms with Gasteiger partial charge in [-0.1, -0.05) is 0 Å². The average Bonchev–Trinajstić information content (AvgIpc) is 2.68.